The number of aromatic carboxylic acids is 1. The number of carbonyl (C=O) groups excluding carboxylic acids is 2. The predicted molar refractivity (Wildman–Crippen MR) is 67.2 cm³/mol. The average molecular weight is 284 g/mol. The van der Waals surface area contributed by atoms with Gasteiger partial charge in [0, 0.05) is 19.3 Å². The van der Waals surface area contributed by atoms with Gasteiger partial charge in [0.1, 0.15) is 6.04 Å². The summed E-state index contributed by atoms with van der Waals surface area (Å²) in [6.07, 6.45) is 2.72. The van der Waals surface area contributed by atoms with Gasteiger partial charge in [0.15, 0.2) is 5.69 Å². The van der Waals surface area contributed by atoms with Crippen LogP contribution in [-0.2, 0) is 16.1 Å². The first-order valence-electron chi connectivity index (χ1n) is 5.81. The number of carboxylic acid groups (broad SMARTS) is 1. The number of rotatable bonds is 6. The second-order valence-corrected chi connectivity index (χ2v) is 3.95. The van der Waals surface area contributed by atoms with Crippen molar-refractivity contribution in [3.8, 4) is 0 Å². The van der Waals surface area contributed by atoms with E-state index in [1.54, 1.807) is 0 Å². The molecule has 9 heteroatoms. The summed E-state index contributed by atoms with van der Waals surface area (Å²) in [5.74, 6) is -1.65. The number of methoxy groups -OCH3 is 1. The Labute approximate surface area is 114 Å². The summed E-state index contributed by atoms with van der Waals surface area (Å²) in [5, 5.41) is 13.6. The third kappa shape index (κ3) is 4.59. The Balaban J connectivity index is 2.31. The van der Waals surface area contributed by atoms with E-state index >= 15 is 0 Å². The molecule has 20 heavy (non-hydrogen) atoms. The largest absolute Gasteiger partial charge is 0.476 e. The zero-order valence-corrected chi connectivity index (χ0v) is 11.1. The van der Waals surface area contributed by atoms with Crippen molar-refractivity contribution >= 4 is 18.0 Å². The number of imidazole rings is 1. The lowest BCUT2D eigenvalue weighted by molar-refractivity contribution is -0.142. The molecule has 1 unspecified atom stereocenters. The van der Waals surface area contributed by atoms with Crippen molar-refractivity contribution in [2.45, 2.75) is 19.5 Å². The second kappa shape index (κ2) is 7.12. The first kappa shape index (κ1) is 15.5. The summed E-state index contributed by atoms with van der Waals surface area (Å²) >= 11 is 0. The maximum absolute atomic E-state index is 11.4. The van der Waals surface area contributed by atoms with Crippen molar-refractivity contribution in [2.75, 3.05) is 13.7 Å². The number of hydrogen-bond donors (Lipinski definition) is 3. The SMILES string of the molecule is COC(=O)C(C)NC(=O)NCCn1cnc(C(=O)O)c1. The summed E-state index contributed by atoms with van der Waals surface area (Å²) in [6, 6.07) is -1.26. The molecule has 1 heterocycles. The fourth-order valence-corrected chi connectivity index (χ4v) is 1.37. The number of hydrogen-bond acceptors (Lipinski definition) is 5. The Morgan fingerprint density at radius 2 is 2.20 bits per heavy atom. The zero-order chi connectivity index (χ0) is 15.1. The van der Waals surface area contributed by atoms with Crippen molar-refractivity contribution in [3.05, 3.63) is 18.2 Å². The van der Waals surface area contributed by atoms with Crippen LogP contribution >= 0.6 is 0 Å². The monoisotopic (exact) mass is 284 g/mol. The van der Waals surface area contributed by atoms with Crippen molar-refractivity contribution in [1.29, 1.82) is 0 Å². The Hall–Kier alpha value is -2.58. The topological polar surface area (TPSA) is 123 Å². The highest BCUT2D eigenvalue weighted by Crippen LogP contribution is 1.95. The molecule has 0 saturated carbocycles. The highest BCUT2D eigenvalue weighted by Gasteiger charge is 2.15. The number of ether oxygens (including phenoxy) is 1. The Morgan fingerprint density at radius 3 is 2.75 bits per heavy atom. The minimum atomic E-state index is -1.11. The molecule has 0 spiro atoms. The number of nitrogens with one attached hydrogen (secondary N) is 2. The molecule has 0 fully saturated rings. The van der Waals surface area contributed by atoms with E-state index in [2.05, 4.69) is 20.4 Å². The summed E-state index contributed by atoms with van der Waals surface area (Å²) in [5.41, 5.74) is -0.0613. The Morgan fingerprint density at radius 1 is 1.50 bits per heavy atom. The fraction of sp³-hybridized carbons (Fsp3) is 0.455. The molecule has 1 aromatic heterocycles. The predicted octanol–water partition coefficient (Wildman–Crippen LogP) is -0.558. The number of nitrogens with zero attached hydrogens (tertiary/aromatic N) is 2. The van der Waals surface area contributed by atoms with Crippen LogP contribution in [0.25, 0.3) is 0 Å². The molecule has 0 aromatic carbocycles. The third-order valence-corrected chi connectivity index (χ3v) is 2.41. The normalized spacial score (nSPS) is 11.5. The standard InChI is InChI=1S/C11H16N4O5/c1-7(10(18)20-2)14-11(19)12-3-4-15-5-8(9(16)17)13-6-15/h5-7H,3-4H2,1-2H3,(H,16,17)(H2,12,14,19). The van der Waals surface area contributed by atoms with Gasteiger partial charge >= 0.3 is 18.0 Å². The zero-order valence-electron chi connectivity index (χ0n) is 11.1. The van der Waals surface area contributed by atoms with Crippen molar-refractivity contribution in [2.24, 2.45) is 0 Å². The maximum atomic E-state index is 11.4. The average Bonchev–Trinajstić information content (AvgIpc) is 2.86. The van der Waals surface area contributed by atoms with Crippen LogP contribution in [0.1, 0.15) is 17.4 Å². The fourth-order valence-electron chi connectivity index (χ4n) is 1.37. The lowest BCUT2D eigenvalue weighted by Gasteiger charge is -2.12. The molecule has 2 amide bonds. The number of amides is 2. The van der Waals surface area contributed by atoms with Gasteiger partial charge in [-0.2, -0.15) is 0 Å². The molecule has 1 rings (SSSR count). The summed E-state index contributed by atoms with van der Waals surface area (Å²) in [6.45, 7) is 2.12. The molecule has 0 aliphatic heterocycles. The van der Waals surface area contributed by atoms with Crippen molar-refractivity contribution in [3.63, 3.8) is 0 Å². The quantitative estimate of drug-likeness (QED) is 0.602. The second-order valence-electron chi connectivity index (χ2n) is 3.95. The molecule has 9 nitrogen and oxygen atoms in total. The Bertz CT molecular complexity index is 499. The maximum Gasteiger partial charge on any atom is 0.356 e. The van der Waals surface area contributed by atoms with E-state index in [-0.39, 0.29) is 12.2 Å². The Kier molecular flexibility index (Phi) is 5.51. The molecule has 110 valence electrons. The van der Waals surface area contributed by atoms with Crippen LogP contribution < -0.4 is 10.6 Å². The molecular weight excluding hydrogens is 268 g/mol. The summed E-state index contributed by atoms with van der Waals surface area (Å²) < 4.78 is 6.00. The van der Waals surface area contributed by atoms with Gasteiger partial charge in [0.2, 0.25) is 0 Å². The van der Waals surface area contributed by atoms with Crippen molar-refractivity contribution in [1.82, 2.24) is 20.2 Å². The number of esters is 1. The van der Waals surface area contributed by atoms with Crippen molar-refractivity contribution < 1.29 is 24.2 Å². The van der Waals surface area contributed by atoms with E-state index < -0.39 is 24.0 Å². The van der Waals surface area contributed by atoms with Crippen LogP contribution in [0, 0.1) is 0 Å². The van der Waals surface area contributed by atoms with Gasteiger partial charge < -0.3 is 25.0 Å². The molecule has 0 aliphatic carbocycles. The minimum absolute atomic E-state index is 0.0613. The van der Waals surface area contributed by atoms with E-state index in [9.17, 15) is 14.4 Å². The van der Waals surface area contributed by atoms with Crippen LogP contribution in [0.15, 0.2) is 12.5 Å². The van der Waals surface area contributed by atoms with Gasteiger partial charge in [0.25, 0.3) is 0 Å². The van der Waals surface area contributed by atoms with Gasteiger partial charge in [-0.1, -0.05) is 0 Å². The van der Waals surface area contributed by atoms with Crippen LogP contribution in [-0.4, -0.2) is 52.3 Å². The molecule has 0 bridgehead atoms. The summed E-state index contributed by atoms with van der Waals surface area (Å²) in [7, 11) is 1.23. The molecule has 1 aromatic rings. The summed E-state index contributed by atoms with van der Waals surface area (Å²) in [4.78, 5) is 36.8. The first-order valence-corrected chi connectivity index (χ1v) is 5.81. The van der Waals surface area contributed by atoms with Crippen LogP contribution in [0.3, 0.4) is 0 Å². The highest BCUT2D eigenvalue weighted by molar-refractivity contribution is 5.85. The van der Waals surface area contributed by atoms with Crippen LogP contribution in [0.4, 0.5) is 4.79 Å². The highest BCUT2D eigenvalue weighted by atomic mass is 16.5. The lowest BCUT2D eigenvalue weighted by atomic mass is 10.3. The number of aromatic nitrogens is 2. The molecule has 0 aliphatic rings. The first-order chi connectivity index (χ1) is 9.43. The third-order valence-electron chi connectivity index (χ3n) is 2.41. The molecule has 3 N–H and O–H groups in total. The van der Waals surface area contributed by atoms with E-state index in [1.165, 1.54) is 31.1 Å². The van der Waals surface area contributed by atoms with E-state index in [4.69, 9.17) is 5.11 Å². The van der Waals surface area contributed by atoms with Gasteiger partial charge in [-0.05, 0) is 6.92 Å². The van der Waals surface area contributed by atoms with E-state index in [0.29, 0.717) is 6.54 Å². The van der Waals surface area contributed by atoms with E-state index in [1.807, 2.05) is 0 Å². The van der Waals surface area contributed by atoms with Gasteiger partial charge in [-0.25, -0.2) is 19.4 Å². The molecule has 0 saturated heterocycles. The van der Waals surface area contributed by atoms with E-state index in [0.717, 1.165) is 0 Å². The van der Waals surface area contributed by atoms with Gasteiger partial charge in [-0.3, -0.25) is 0 Å². The number of carbonyl (C=O) groups is 3. The molecule has 1 atom stereocenters. The van der Waals surface area contributed by atoms with Gasteiger partial charge in [-0.15, -0.1) is 0 Å². The smallest absolute Gasteiger partial charge is 0.356 e. The molecular formula is C11H16N4O5. The number of urea groups is 1. The minimum Gasteiger partial charge on any atom is -0.476 e. The lowest BCUT2D eigenvalue weighted by Crippen LogP contribution is -2.45. The van der Waals surface area contributed by atoms with Gasteiger partial charge in [0.05, 0.1) is 13.4 Å². The number of carboxylic acids is 1. The molecule has 0 radical (unpaired) electrons. The van der Waals surface area contributed by atoms with Crippen LogP contribution in [0.2, 0.25) is 0 Å². The van der Waals surface area contributed by atoms with Crippen LogP contribution in [0.5, 0.6) is 0 Å².